The Morgan fingerprint density at radius 2 is 0.822 bits per heavy atom. The van der Waals surface area contributed by atoms with Gasteiger partial charge in [0.05, 0.1) is 0 Å². The van der Waals surface area contributed by atoms with Gasteiger partial charge in [-0.15, -0.1) is 0 Å². The molecule has 9 nitrogen and oxygen atoms in total. The van der Waals surface area contributed by atoms with Gasteiger partial charge < -0.3 is 24.8 Å². The summed E-state index contributed by atoms with van der Waals surface area (Å²) in [7, 11) is 0. The van der Waals surface area contributed by atoms with Gasteiger partial charge in [-0.1, -0.05) is 97.1 Å². The van der Waals surface area contributed by atoms with E-state index in [0.29, 0.717) is 0 Å². The fourth-order valence-electron chi connectivity index (χ4n) is 6.03. The molecular formula is C36H32N2O7. The molecule has 4 aromatic rings. The Balaban J connectivity index is 0.960. The van der Waals surface area contributed by atoms with Crippen LogP contribution in [0.1, 0.15) is 47.9 Å². The lowest BCUT2D eigenvalue weighted by Crippen LogP contribution is -2.45. The zero-order valence-electron chi connectivity index (χ0n) is 24.8. The van der Waals surface area contributed by atoms with Crippen LogP contribution in [0.2, 0.25) is 0 Å². The molecule has 0 bridgehead atoms. The highest BCUT2D eigenvalue weighted by Crippen LogP contribution is 2.45. The van der Waals surface area contributed by atoms with Crippen LogP contribution in [0.25, 0.3) is 22.3 Å². The van der Waals surface area contributed by atoms with E-state index in [1.807, 2.05) is 97.1 Å². The van der Waals surface area contributed by atoms with Crippen molar-refractivity contribution < 1.29 is 33.4 Å². The lowest BCUT2D eigenvalue weighted by atomic mass is 9.98. The molecule has 0 saturated carbocycles. The van der Waals surface area contributed by atoms with Crippen LogP contribution in [0, 0.1) is 0 Å². The van der Waals surface area contributed by atoms with Crippen LogP contribution in [0.3, 0.4) is 0 Å². The molecule has 0 aromatic heterocycles. The van der Waals surface area contributed by atoms with Gasteiger partial charge in [0.25, 0.3) is 0 Å². The minimum atomic E-state index is -1.17. The Hall–Kier alpha value is -5.44. The summed E-state index contributed by atoms with van der Waals surface area (Å²) in [5.74, 6) is -2.27. The van der Waals surface area contributed by atoms with Crippen molar-refractivity contribution in [2.24, 2.45) is 0 Å². The fourth-order valence-corrected chi connectivity index (χ4v) is 6.03. The Labute approximate surface area is 260 Å². The molecule has 2 aliphatic carbocycles. The minimum absolute atomic E-state index is 0.0711. The van der Waals surface area contributed by atoms with Crippen molar-refractivity contribution in [2.45, 2.75) is 37.8 Å². The van der Waals surface area contributed by atoms with Crippen molar-refractivity contribution in [1.82, 2.24) is 10.6 Å². The summed E-state index contributed by atoms with van der Waals surface area (Å²) in [4.78, 5) is 50.2. The number of benzene rings is 4. The number of amides is 2. The van der Waals surface area contributed by atoms with E-state index < -0.39 is 36.2 Å². The molecule has 45 heavy (non-hydrogen) atoms. The first-order valence-corrected chi connectivity index (χ1v) is 14.8. The van der Waals surface area contributed by atoms with E-state index >= 15 is 0 Å². The summed E-state index contributed by atoms with van der Waals surface area (Å²) < 4.78 is 15.8. The Kier molecular flexibility index (Phi) is 8.33. The van der Waals surface area contributed by atoms with Gasteiger partial charge in [-0.25, -0.2) is 19.2 Å². The van der Waals surface area contributed by atoms with Crippen LogP contribution in [0.5, 0.6) is 0 Å². The molecule has 2 aliphatic rings. The monoisotopic (exact) mass is 604 g/mol. The van der Waals surface area contributed by atoms with E-state index in [4.69, 9.17) is 14.2 Å². The maximum atomic E-state index is 12.5. The summed E-state index contributed by atoms with van der Waals surface area (Å²) in [5, 5.41) is 4.81. The Bertz CT molecular complexity index is 1560. The summed E-state index contributed by atoms with van der Waals surface area (Å²) >= 11 is 0. The molecule has 228 valence electrons. The molecule has 2 atom stereocenters. The number of hydrogen-bond donors (Lipinski definition) is 2. The average Bonchev–Trinajstić information content (AvgIpc) is 3.55. The maximum absolute atomic E-state index is 12.5. The summed E-state index contributed by atoms with van der Waals surface area (Å²) in [5.41, 5.74) is 8.61. The molecule has 2 amide bonds. The largest absolute Gasteiger partial charge is 0.449 e. The minimum Gasteiger partial charge on any atom is -0.449 e. The highest BCUT2D eigenvalue weighted by molar-refractivity contribution is 5.93. The van der Waals surface area contributed by atoms with E-state index in [2.05, 4.69) is 10.6 Å². The van der Waals surface area contributed by atoms with Crippen molar-refractivity contribution in [3.63, 3.8) is 0 Å². The standard InChI is InChI=1S/C36H32N2O7/c1-21(37-35(41)43-19-31-27-15-7-3-11-23(27)24-12-4-8-16-28(24)31)33(39)45-34(40)22(2)38-36(42)44-20-32-29-17-9-5-13-25(29)26-14-6-10-18-30(26)32/h3-18,21-22,31-32H,19-20H2,1-2H3,(H,37,41)(H,38,42)/t21-,22-/m1/s1. The molecular weight excluding hydrogens is 572 g/mol. The van der Waals surface area contributed by atoms with Crippen LogP contribution in [0.4, 0.5) is 9.59 Å². The topological polar surface area (TPSA) is 120 Å². The molecule has 6 rings (SSSR count). The second-order valence-corrected chi connectivity index (χ2v) is 11.1. The van der Waals surface area contributed by atoms with Crippen LogP contribution in [0.15, 0.2) is 97.1 Å². The molecule has 0 spiro atoms. The van der Waals surface area contributed by atoms with Gasteiger partial charge in [-0.2, -0.15) is 0 Å². The molecule has 2 N–H and O–H groups in total. The molecule has 0 fully saturated rings. The predicted octanol–water partition coefficient (Wildman–Crippen LogP) is 5.91. The van der Waals surface area contributed by atoms with Crippen molar-refractivity contribution in [3.05, 3.63) is 119 Å². The number of esters is 2. The van der Waals surface area contributed by atoms with Gasteiger partial charge in [0.1, 0.15) is 25.3 Å². The molecule has 0 saturated heterocycles. The van der Waals surface area contributed by atoms with E-state index in [9.17, 15) is 19.2 Å². The third-order valence-electron chi connectivity index (χ3n) is 8.26. The number of alkyl carbamates (subject to hydrolysis) is 2. The van der Waals surface area contributed by atoms with E-state index in [-0.39, 0.29) is 25.0 Å². The first kappa shape index (κ1) is 29.6. The van der Waals surface area contributed by atoms with Crippen molar-refractivity contribution >= 4 is 24.1 Å². The molecule has 0 heterocycles. The van der Waals surface area contributed by atoms with Crippen LogP contribution in [-0.2, 0) is 23.8 Å². The smallest absolute Gasteiger partial charge is 0.407 e. The van der Waals surface area contributed by atoms with Crippen LogP contribution < -0.4 is 10.6 Å². The third-order valence-corrected chi connectivity index (χ3v) is 8.26. The SMILES string of the molecule is C[C@@H](NC(=O)OCC1c2ccccc2-c2ccccc21)C(=O)OC(=O)[C@@H](C)NC(=O)OCC1c2ccccc2-c2ccccc21. The molecule has 0 aliphatic heterocycles. The molecule has 0 unspecified atom stereocenters. The normalized spacial score (nSPS) is 14.2. The first-order valence-electron chi connectivity index (χ1n) is 14.8. The number of nitrogens with one attached hydrogen (secondary N) is 2. The quantitative estimate of drug-likeness (QED) is 0.146. The van der Waals surface area contributed by atoms with Crippen LogP contribution >= 0.6 is 0 Å². The van der Waals surface area contributed by atoms with E-state index in [1.165, 1.54) is 13.8 Å². The summed E-state index contributed by atoms with van der Waals surface area (Å²) in [6, 6.07) is 29.4. The van der Waals surface area contributed by atoms with Crippen molar-refractivity contribution in [2.75, 3.05) is 13.2 Å². The Morgan fingerprint density at radius 3 is 1.13 bits per heavy atom. The van der Waals surface area contributed by atoms with Gasteiger partial charge in [0.15, 0.2) is 0 Å². The highest BCUT2D eigenvalue weighted by atomic mass is 16.6. The number of rotatable bonds is 8. The van der Waals surface area contributed by atoms with Crippen molar-refractivity contribution in [3.8, 4) is 22.3 Å². The number of carbonyl (C=O) groups is 4. The second kappa shape index (κ2) is 12.7. The molecule has 9 heteroatoms. The Morgan fingerprint density at radius 1 is 0.533 bits per heavy atom. The summed E-state index contributed by atoms with van der Waals surface area (Å²) in [6.07, 6.45) is -1.64. The first-order chi connectivity index (χ1) is 21.8. The molecule has 0 radical (unpaired) electrons. The second-order valence-electron chi connectivity index (χ2n) is 11.1. The molecule has 4 aromatic carbocycles. The van der Waals surface area contributed by atoms with Crippen molar-refractivity contribution in [1.29, 1.82) is 0 Å². The number of hydrogen-bond acceptors (Lipinski definition) is 7. The van der Waals surface area contributed by atoms with E-state index in [1.54, 1.807) is 0 Å². The van der Waals surface area contributed by atoms with Gasteiger partial charge in [0.2, 0.25) is 0 Å². The van der Waals surface area contributed by atoms with Gasteiger partial charge in [-0.3, -0.25) is 0 Å². The van der Waals surface area contributed by atoms with E-state index in [0.717, 1.165) is 44.5 Å². The lowest BCUT2D eigenvalue weighted by molar-refractivity contribution is -0.162. The van der Waals surface area contributed by atoms with Gasteiger partial charge >= 0.3 is 24.1 Å². The summed E-state index contributed by atoms with van der Waals surface area (Å²) in [6.45, 7) is 2.89. The zero-order valence-corrected chi connectivity index (χ0v) is 24.8. The zero-order chi connectivity index (χ0) is 31.5. The van der Waals surface area contributed by atoms with Gasteiger partial charge in [-0.05, 0) is 58.4 Å². The average molecular weight is 605 g/mol. The van der Waals surface area contributed by atoms with Gasteiger partial charge in [0, 0.05) is 11.8 Å². The number of fused-ring (bicyclic) bond motifs is 6. The van der Waals surface area contributed by atoms with Crippen LogP contribution in [-0.4, -0.2) is 49.4 Å². The fraction of sp³-hybridized carbons (Fsp3) is 0.222. The maximum Gasteiger partial charge on any atom is 0.407 e. The lowest BCUT2D eigenvalue weighted by Gasteiger charge is -2.18. The number of carbonyl (C=O) groups excluding carboxylic acids is 4. The third kappa shape index (κ3) is 6.02. The highest BCUT2D eigenvalue weighted by Gasteiger charge is 2.31. The number of ether oxygens (including phenoxy) is 3. The predicted molar refractivity (Wildman–Crippen MR) is 166 cm³/mol.